The fourth-order valence-corrected chi connectivity index (χ4v) is 1.65. The molecule has 0 bridgehead atoms. The summed E-state index contributed by atoms with van der Waals surface area (Å²) < 4.78 is 45.6. The Morgan fingerprint density at radius 2 is 2.17 bits per heavy atom. The van der Waals surface area contributed by atoms with E-state index in [-0.39, 0.29) is 28.9 Å². The van der Waals surface area contributed by atoms with E-state index in [0.717, 1.165) is 0 Å². The van der Waals surface area contributed by atoms with Crippen LogP contribution in [0, 0.1) is 11.3 Å². The number of pyridine rings is 1. The van der Waals surface area contributed by atoms with Gasteiger partial charge < -0.3 is 9.47 Å². The summed E-state index contributed by atoms with van der Waals surface area (Å²) in [7, 11) is 1.33. The topological polar surface area (TPSA) is 55.1 Å². The molecule has 0 N–H and O–H groups in total. The number of methoxy groups -OCH3 is 1. The highest BCUT2D eigenvalue weighted by Gasteiger charge is 2.33. The van der Waals surface area contributed by atoms with Crippen LogP contribution >= 0.6 is 15.9 Å². The summed E-state index contributed by atoms with van der Waals surface area (Å²) in [6.07, 6.45) is -5.07. The molecule has 0 amide bonds. The van der Waals surface area contributed by atoms with Crippen LogP contribution in [0.25, 0.3) is 0 Å². The molecule has 1 aromatic rings. The Balaban J connectivity index is 3.30. The van der Waals surface area contributed by atoms with Crippen molar-refractivity contribution in [2.45, 2.75) is 18.1 Å². The Hall–Kier alpha value is -1.49. The van der Waals surface area contributed by atoms with Crippen molar-refractivity contribution in [2.24, 2.45) is 0 Å². The molecule has 18 heavy (non-hydrogen) atoms. The highest BCUT2D eigenvalue weighted by atomic mass is 79.9. The molecular formula is C10H8BrF3N2O2. The average molecular weight is 325 g/mol. The van der Waals surface area contributed by atoms with Crippen LogP contribution in [0.2, 0.25) is 0 Å². The molecular weight excluding hydrogens is 317 g/mol. The molecule has 98 valence electrons. The molecule has 4 nitrogen and oxygen atoms in total. The van der Waals surface area contributed by atoms with Gasteiger partial charge in [-0.05, 0) is 0 Å². The van der Waals surface area contributed by atoms with Crippen molar-refractivity contribution >= 4 is 15.9 Å². The number of rotatable bonds is 4. The molecule has 1 rings (SSSR count). The van der Waals surface area contributed by atoms with Gasteiger partial charge >= 0.3 is 6.36 Å². The zero-order valence-corrected chi connectivity index (χ0v) is 10.8. The Morgan fingerprint density at radius 3 is 2.61 bits per heavy atom. The van der Waals surface area contributed by atoms with E-state index < -0.39 is 12.1 Å². The molecule has 0 aliphatic carbocycles. The largest absolute Gasteiger partial charge is 0.573 e. The number of aromatic nitrogens is 1. The van der Waals surface area contributed by atoms with E-state index in [4.69, 9.17) is 10.00 Å². The van der Waals surface area contributed by atoms with Crippen LogP contribution in [-0.4, -0.2) is 18.5 Å². The van der Waals surface area contributed by atoms with Crippen LogP contribution in [0.3, 0.4) is 0 Å². The maximum absolute atomic E-state index is 12.3. The average Bonchev–Trinajstić information content (AvgIpc) is 2.29. The Morgan fingerprint density at radius 1 is 1.50 bits per heavy atom. The first-order valence-corrected chi connectivity index (χ1v) is 5.79. The number of hydrogen-bond donors (Lipinski definition) is 0. The van der Waals surface area contributed by atoms with Gasteiger partial charge in [-0.2, -0.15) is 5.26 Å². The van der Waals surface area contributed by atoms with E-state index in [0.29, 0.717) is 0 Å². The molecule has 0 atom stereocenters. The highest BCUT2D eigenvalue weighted by Crippen LogP contribution is 2.33. The summed E-state index contributed by atoms with van der Waals surface area (Å²) in [6.45, 7) is 0. The van der Waals surface area contributed by atoms with E-state index in [1.165, 1.54) is 13.2 Å². The van der Waals surface area contributed by atoms with Crippen molar-refractivity contribution < 1.29 is 22.6 Å². The molecule has 0 radical (unpaired) electrons. The molecule has 0 unspecified atom stereocenters. The fraction of sp³-hybridized carbons (Fsp3) is 0.400. The van der Waals surface area contributed by atoms with Gasteiger partial charge in [0, 0.05) is 17.0 Å². The van der Waals surface area contributed by atoms with Crippen molar-refractivity contribution in [3.63, 3.8) is 0 Å². The van der Waals surface area contributed by atoms with E-state index in [1.54, 1.807) is 6.07 Å². The van der Waals surface area contributed by atoms with E-state index in [2.05, 4.69) is 25.7 Å². The first-order chi connectivity index (χ1) is 8.41. The van der Waals surface area contributed by atoms with Crippen LogP contribution < -0.4 is 9.47 Å². The monoisotopic (exact) mass is 324 g/mol. The van der Waals surface area contributed by atoms with Gasteiger partial charge in [-0.25, -0.2) is 4.98 Å². The Bertz CT molecular complexity index is 471. The quantitative estimate of drug-likeness (QED) is 0.799. The Kier molecular flexibility index (Phi) is 4.78. The van der Waals surface area contributed by atoms with Crippen LogP contribution in [0.1, 0.15) is 11.3 Å². The van der Waals surface area contributed by atoms with Gasteiger partial charge in [0.25, 0.3) is 0 Å². The second-order valence-corrected chi connectivity index (χ2v) is 3.68. The molecule has 0 saturated heterocycles. The standard InChI is InChI=1S/C10H8BrF3N2O2/c1-17-8-4-6(2-3-15)9(7(5-11)16-8)18-10(12,13)14/h4H,2,5H2,1H3. The van der Waals surface area contributed by atoms with Crippen LogP contribution in [0.15, 0.2) is 6.07 Å². The molecule has 0 aliphatic heterocycles. The van der Waals surface area contributed by atoms with Crippen LogP contribution in [-0.2, 0) is 11.8 Å². The first-order valence-electron chi connectivity index (χ1n) is 4.66. The Labute approximate surface area is 109 Å². The summed E-state index contributed by atoms with van der Waals surface area (Å²) in [4.78, 5) is 3.83. The summed E-state index contributed by atoms with van der Waals surface area (Å²) >= 11 is 3.02. The lowest BCUT2D eigenvalue weighted by atomic mass is 10.1. The van der Waals surface area contributed by atoms with Gasteiger partial charge in [-0.15, -0.1) is 13.2 Å². The summed E-state index contributed by atoms with van der Waals surface area (Å²) in [6, 6.07) is 3.01. The third-order valence-corrected chi connectivity index (χ3v) is 2.45. The summed E-state index contributed by atoms with van der Waals surface area (Å²) in [5.41, 5.74) is 0.105. The number of halogens is 4. The molecule has 8 heteroatoms. The zero-order valence-electron chi connectivity index (χ0n) is 9.21. The predicted octanol–water partition coefficient (Wildman–Crippen LogP) is 2.95. The summed E-state index contributed by atoms with van der Waals surface area (Å²) in [5, 5.41) is 8.66. The lowest BCUT2D eigenvalue weighted by Crippen LogP contribution is -2.19. The minimum absolute atomic E-state index is 0.0249. The van der Waals surface area contributed by atoms with E-state index in [1.807, 2.05) is 0 Å². The number of alkyl halides is 4. The van der Waals surface area contributed by atoms with Crippen LogP contribution in [0.4, 0.5) is 13.2 Å². The van der Waals surface area contributed by atoms with Crippen molar-refractivity contribution in [3.05, 3.63) is 17.3 Å². The SMILES string of the molecule is COc1cc(CC#N)c(OC(F)(F)F)c(CBr)n1. The fourth-order valence-electron chi connectivity index (χ4n) is 1.27. The number of nitrogens with zero attached hydrogens (tertiary/aromatic N) is 2. The number of ether oxygens (including phenoxy) is 2. The van der Waals surface area contributed by atoms with Gasteiger partial charge in [0.15, 0.2) is 5.75 Å². The molecule has 0 saturated carbocycles. The lowest BCUT2D eigenvalue weighted by molar-refractivity contribution is -0.275. The van der Waals surface area contributed by atoms with Crippen LogP contribution in [0.5, 0.6) is 11.6 Å². The van der Waals surface area contributed by atoms with Crippen molar-refractivity contribution in [1.29, 1.82) is 5.26 Å². The summed E-state index contributed by atoms with van der Waals surface area (Å²) in [5.74, 6) is -0.328. The maximum atomic E-state index is 12.3. The van der Waals surface area contributed by atoms with Gasteiger partial charge in [0.1, 0.15) is 0 Å². The van der Waals surface area contributed by atoms with Crippen molar-refractivity contribution in [2.75, 3.05) is 7.11 Å². The zero-order chi connectivity index (χ0) is 13.8. The highest BCUT2D eigenvalue weighted by molar-refractivity contribution is 9.08. The van der Waals surface area contributed by atoms with Crippen molar-refractivity contribution in [1.82, 2.24) is 4.98 Å². The first kappa shape index (κ1) is 14.6. The molecule has 0 aromatic carbocycles. The second-order valence-electron chi connectivity index (χ2n) is 3.12. The minimum Gasteiger partial charge on any atom is -0.481 e. The molecule has 1 heterocycles. The van der Waals surface area contributed by atoms with Gasteiger partial charge in [-0.1, -0.05) is 15.9 Å². The minimum atomic E-state index is -4.84. The van der Waals surface area contributed by atoms with E-state index >= 15 is 0 Å². The van der Waals surface area contributed by atoms with E-state index in [9.17, 15) is 13.2 Å². The number of hydrogen-bond acceptors (Lipinski definition) is 4. The maximum Gasteiger partial charge on any atom is 0.573 e. The third kappa shape index (κ3) is 3.77. The van der Waals surface area contributed by atoms with Gasteiger partial charge in [0.2, 0.25) is 5.88 Å². The smallest absolute Gasteiger partial charge is 0.481 e. The molecule has 0 fully saturated rings. The molecule has 0 spiro atoms. The van der Waals surface area contributed by atoms with Gasteiger partial charge in [-0.3, -0.25) is 0 Å². The lowest BCUT2D eigenvalue weighted by Gasteiger charge is -2.15. The number of nitriles is 1. The normalized spacial score (nSPS) is 10.9. The predicted molar refractivity (Wildman–Crippen MR) is 59.4 cm³/mol. The van der Waals surface area contributed by atoms with Crippen molar-refractivity contribution in [3.8, 4) is 17.7 Å². The van der Waals surface area contributed by atoms with Gasteiger partial charge in [0.05, 0.1) is 25.3 Å². The second kappa shape index (κ2) is 5.91. The molecule has 0 aliphatic rings. The third-order valence-electron chi connectivity index (χ3n) is 1.92. The molecule has 1 aromatic heterocycles.